The fourth-order valence-corrected chi connectivity index (χ4v) is 2.80. The van der Waals surface area contributed by atoms with Crippen LogP contribution in [0.3, 0.4) is 0 Å². The lowest BCUT2D eigenvalue weighted by Gasteiger charge is -2.19. The summed E-state index contributed by atoms with van der Waals surface area (Å²) in [5.41, 5.74) is 10.3. The SMILES string of the molecule is CC(=O)N[C@@H](CCC(N)=O)CNc1ccc(F)c(CCCCCC(N)=O)c1F. The molecule has 7 nitrogen and oxygen atoms in total. The second kappa shape index (κ2) is 11.9. The maximum atomic E-state index is 14.7. The molecule has 0 spiro atoms. The first-order chi connectivity index (χ1) is 13.2. The Balaban J connectivity index is 2.70. The van der Waals surface area contributed by atoms with Gasteiger partial charge in [0.1, 0.15) is 5.82 Å². The van der Waals surface area contributed by atoms with Gasteiger partial charge in [-0.3, -0.25) is 14.4 Å². The molecular weight excluding hydrogens is 370 g/mol. The van der Waals surface area contributed by atoms with Crippen molar-refractivity contribution in [1.29, 1.82) is 0 Å². The van der Waals surface area contributed by atoms with Crippen LogP contribution in [0.1, 0.15) is 51.0 Å². The Kier molecular flexibility index (Phi) is 9.91. The van der Waals surface area contributed by atoms with E-state index < -0.39 is 29.5 Å². The Hall–Kier alpha value is -2.71. The standard InChI is InChI=1S/C19H28F2N4O3/c1-12(26)25-13(7-10-18(23)28)11-24-16-9-8-15(20)14(19(16)21)5-3-2-4-6-17(22)27/h8-9,13,24H,2-7,10-11H2,1H3,(H2,22,27)(H2,23,28)(H,25,26)/t13-/m0/s1. The van der Waals surface area contributed by atoms with Crippen molar-refractivity contribution in [3.05, 3.63) is 29.3 Å². The number of benzene rings is 1. The van der Waals surface area contributed by atoms with Crippen molar-refractivity contribution in [3.8, 4) is 0 Å². The Morgan fingerprint density at radius 2 is 1.71 bits per heavy atom. The molecule has 0 aliphatic rings. The van der Waals surface area contributed by atoms with Crippen molar-refractivity contribution >= 4 is 23.4 Å². The summed E-state index contributed by atoms with van der Waals surface area (Å²) in [6, 6.07) is 2.05. The quantitative estimate of drug-likeness (QED) is 0.377. The number of hydrogen-bond donors (Lipinski definition) is 4. The predicted molar refractivity (Wildman–Crippen MR) is 102 cm³/mol. The molecule has 1 rings (SSSR count). The van der Waals surface area contributed by atoms with E-state index in [4.69, 9.17) is 11.5 Å². The fraction of sp³-hybridized carbons (Fsp3) is 0.526. The Morgan fingerprint density at radius 3 is 2.32 bits per heavy atom. The van der Waals surface area contributed by atoms with E-state index in [1.54, 1.807) is 0 Å². The average Bonchev–Trinajstić information content (AvgIpc) is 2.60. The summed E-state index contributed by atoms with van der Waals surface area (Å²) in [7, 11) is 0. The lowest BCUT2D eigenvalue weighted by Crippen LogP contribution is -2.39. The van der Waals surface area contributed by atoms with Crippen molar-refractivity contribution in [2.24, 2.45) is 11.5 Å². The summed E-state index contributed by atoms with van der Waals surface area (Å²) in [6.45, 7) is 1.50. The number of nitrogens with one attached hydrogen (secondary N) is 2. The van der Waals surface area contributed by atoms with Gasteiger partial charge in [-0.25, -0.2) is 8.78 Å². The summed E-state index contributed by atoms with van der Waals surface area (Å²) < 4.78 is 28.7. The number of rotatable bonds is 13. The molecule has 0 bridgehead atoms. The van der Waals surface area contributed by atoms with Crippen LogP contribution in [0.25, 0.3) is 0 Å². The zero-order valence-electron chi connectivity index (χ0n) is 16.0. The van der Waals surface area contributed by atoms with Gasteiger partial charge in [-0.2, -0.15) is 0 Å². The zero-order chi connectivity index (χ0) is 21.1. The van der Waals surface area contributed by atoms with Gasteiger partial charge in [0.05, 0.1) is 5.69 Å². The topological polar surface area (TPSA) is 127 Å². The first-order valence-electron chi connectivity index (χ1n) is 9.25. The van der Waals surface area contributed by atoms with E-state index in [-0.39, 0.29) is 43.0 Å². The summed E-state index contributed by atoms with van der Waals surface area (Å²) in [4.78, 5) is 32.9. The molecule has 1 aromatic rings. The molecule has 9 heteroatoms. The van der Waals surface area contributed by atoms with Crippen LogP contribution >= 0.6 is 0 Å². The number of unbranched alkanes of at least 4 members (excludes halogenated alkanes) is 2. The minimum Gasteiger partial charge on any atom is -0.381 e. The molecule has 6 N–H and O–H groups in total. The van der Waals surface area contributed by atoms with E-state index in [0.29, 0.717) is 25.7 Å². The van der Waals surface area contributed by atoms with Gasteiger partial charge in [-0.05, 0) is 37.8 Å². The van der Waals surface area contributed by atoms with Crippen LogP contribution < -0.4 is 22.1 Å². The van der Waals surface area contributed by atoms with Gasteiger partial charge in [0.15, 0.2) is 5.82 Å². The maximum absolute atomic E-state index is 14.7. The molecule has 0 saturated heterocycles. The number of nitrogens with two attached hydrogens (primary N) is 2. The first kappa shape index (κ1) is 23.3. The molecule has 156 valence electrons. The van der Waals surface area contributed by atoms with Crippen molar-refractivity contribution < 1.29 is 23.2 Å². The van der Waals surface area contributed by atoms with E-state index >= 15 is 0 Å². The number of amides is 3. The number of carbonyl (C=O) groups excluding carboxylic acids is 3. The van der Waals surface area contributed by atoms with E-state index in [1.807, 2.05) is 0 Å². The molecule has 1 aromatic carbocycles. The van der Waals surface area contributed by atoms with Crippen molar-refractivity contribution in [3.63, 3.8) is 0 Å². The van der Waals surface area contributed by atoms with Gasteiger partial charge >= 0.3 is 0 Å². The lowest BCUT2D eigenvalue weighted by molar-refractivity contribution is -0.121. The normalized spacial score (nSPS) is 11.7. The van der Waals surface area contributed by atoms with Crippen molar-refractivity contribution in [1.82, 2.24) is 5.32 Å². The average molecular weight is 398 g/mol. The van der Waals surface area contributed by atoms with Crippen LogP contribution in [0.2, 0.25) is 0 Å². The van der Waals surface area contributed by atoms with Gasteiger partial charge in [-0.15, -0.1) is 0 Å². The van der Waals surface area contributed by atoms with E-state index in [2.05, 4.69) is 10.6 Å². The van der Waals surface area contributed by atoms with E-state index in [1.165, 1.54) is 19.1 Å². The third-order valence-electron chi connectivity index (χ3n) is 4.22. The van der Waals surface area contributed by atoms with Gasteiger partial charge in [0, 0.05) is 37.9 Å². The highest BCUT2D eigenvalue weighted by Crippen LogP contribution is 2.23. The molecule has 0 aromatic heterocycles. The lowest BCUT2D eigenvalue weighted by atomic mass is 10.0. The highest BCUT2D eigenvalue weighted by Gasteiger charge is 2.16. The number of carbonyl (C=O) groups is 3. The molecular formula is C19H28F2N4O3. The smallest absolute Gasteiger partial charge is 0.217 e. The van der Waals surface area contributed by atoms with Crippen molar-refractivity contribution in [2.75, 3.05) is 11.9 Å². The summed E-state index contributed by atoms with van der Waals surface area (Å²) in [5.74, 6) is -2.50. The molecule has 0 radical (unpaired) electrons. The molecule has 0 aliphatic carbocycles. The van der Waals surface area contributed by atoms with E-state index in [9.17, 15) is 23.2 Å². The number of hydrogen-bond acceptors (Lipinski definition) is 4. The van der Waals surface area contributed by atoms with Crippen LogP contribution in [0.4, 0.5) is 14.5 Å². The molecule has 1 atom stereocenters. The second-order valence-electron chi connectivity index (χ2n) is 6.70. The van der Waals surface area contributed by atoms with Crippen molar-refractivity contribution in [2.45, 2.75) is 57.9 Å². The van der Waals surface area contributed by atoms with Crippen LogP contribution in [-0.2, 0) is 20.8 Å². The van der Waals surface area contributed by atoms with Gasteiger partial charge in [0.25, 0.3) is 0 Å². The third-order valence-corrected chi connectivity index (χ3v) is 4.22. The van der Waals surface area contributed by atoms with Crippen LogP contribution in [-0.4, -0.2) is 30.3 Å². The molecule has 0 fully saturated rings. The summed E-state index contributed by atoms with van der Waals surface area (Å²) in [5, 5.41) is 5.52. The van der Waals surface area contributed by atoms with E-state index in [0.717, 1.165) is 0 Å². The Morgan fingerprint density at radius 1 is 1.04 bits per heavy atom. The number of anilines is 1. The zero-order valence-corrected chi connectivity index (χ0v) is 16.0. The minimum atomic E-state index is -0.689. The largest absolute Gasteiger partial charge is 0.381 e. The fourth-order valence-electron chi connectivity index (χ4n) is 2.80. The molecule has 3 amide bonds. The number of primary amides is 2. The van der Waals surface area contributed by atoms with Crippen LogP contribution in [0.15, 0.2) is 12.1 Å². The summed E-state index contributed by atoms with van der Waals surface area (Å²) in [6.07, 6.45) is 2.57. The minimum absolute atomic E-state index is 0.0303. The highest BCUT2D eigenvalue weighted by atomic mass is 19.1. The Bertz CT molecular complexity index is 698. The molecule has 0 heterocycles. The van der Waals surface area contributed by atoms with Gasteiger partial charge in [0.2, 0.25) is 17.7 Å². The van der Waals surface area contributed by atoms with Crippen LogP contribution in [0.5, 0.6) is 0 Å². The molecule has 0 saturated carbocycles. The molecule has 0 aliphatic heterocycles. The van der Waals surface area contributed by atoms with Crippen LogP contribution in [0, 0.1) is 11.6 Å². The highest BCUT2D eigenvalue weighted by molar-refractivity contribution is 5.75. The second-order valence-corrected chi connectivity index (χ2v) is 6.70. The third kappa shape index (κ3) is 8.79. The number of halogens is 2. The summed E-state index contributed by atoms with van der Waals surface area (Å²) >= 11 is 0. The predicted octanol–water partition coefficient (Wildman–Crippen LogP) is 1.74. The molecule has 0 unspecified atom stereocenters. The molecule has 28 heavy (non-hydrogen) atoms. The Labute approximate surface area is 163 Å². The van der Waals surface area contributed by atoms with Gasteiger partial charge in [-0.1, -0.05) is 6.42 Å². The first-order valence-corrected chi connectivity index (χ1v) is 9.25. The van der Waals surface area contributed by atoms with Gasteiger partial charge < -0.3 is 22.1 Å². The maximum Gasteiger partial charge on any atom is 0.217 e. The monoisotopic (exact) mass is 398 g/mol.